The molecule has 0 aliphatic carbocycles. The molecule has 1 heterocycles. The second-order valence-corrected chi connectivity index (χ2v) is 7.00. The topological polar surface area (TPSA) is 60.4 Å². The third-order valence-corrected chi connectivity index (χ3v) is 5.25. The maximum absolute atomic E-state index is 13.1. The van der Waals surface area contributed by atoms with E-state index in [2.05, 4.69) is 4.99 Å². The van der Waals surface area contributed by atoms with Gasteiger partial charge >= 0.3 is 0 Å². The van der Waals surface area contributed by atoms with Crippen molar-refractivity contribution >= 4 is 34.6 Å². The van der Waals surface area contributed by atoms with Crippen molar-refractivity contribution in [2.24, 2.45) is 4.99 Å². The third kappa shape index (κ3) is 4.37. The van der Waals surface area contributed by atoms with Gasteiger partial charge in [-0.05, 0) is 66.7 Å². The van der Waals surface area contributed by atoms with Crippen molar-refractivity contribution in [2.75, 3.05) is 27.9 Å². The first kappa shape index (κ1) is 20.7. The molecule has 2 aromatic rings. The lowest BCUT2D eigenvalue weighted by Gasteiger charge is -2.13. The molecule has 29 heavy (non-hydrogen) atoms. The van der Waals surface area contributed by atoms with E-state index in [1.165, 1.54) is 45.2 Å². The highest BCUT2D eigenvalue weighted by Crippen LogP contribution is 2.40. The van der Waals surface area contributed by atoms with Crippen LogP contribution in [-0.4, -0.2) is 43.8 Å². The van der Waals surface area contributed by atoms with Gasteiger partial charge in [0, 0.05) is 6.54 Å². The summed E-state index contributed by atoms with van der Waals surface area (Å²) < 4.78 is 29.2. The standard InChI is InChI=1S/C21H21FN2O4S/c1-5-24-20(25)18(29-21(24)23-15-8-6-14(22)7-9-15)12-13-10-16(26-2)19(28-4)17(11-13)27-3/h6-12H,5H2,1-4H3/b18-12+,23-21?. The number of nitrogens with zero attached hydrogens (tertiary/aromatic N) is 2. The van der Waals surface area contributed by atoms with E-state index in [0.29, 0.717) is 39.6 Å². The first-order chi connectivity index (χ1) is 14.0. The minimum atomic E-state index is -0.334. The lowest BCUT2D eigenvalue weighted by atomic mass is 10.1. The Hall–Kier alpha value is -3.00. The van der Waals surface area contributed by atoms with Crippen molar-refractivity contribution in [3.63, 3.8) is 0 Å². The molecule has 0 saturated carbocycles. The SMILES string of the molecule is CCN1C(=O)/C(=C\c2cc(OC)c(OC)c(OC)c2)SC1=Nc1ccc(F)cc1. The quantitative estimate of drug-likeness (QED) is 0.650. The molecule has 0 radical (unpaired) electrons. The summed E-state index contributed by atoms with van der Waals surface area (Å²) in [4.78, 5) is 19.4. The zero-order valence-electron chi connectivity index (χ0n) is 16.6. The number of methoxy groups -OCH3 is 3. The average molecular weight is 416 g/mol. The fourth-order valence-corrected chi connectivity index (χ4v) is 3.89. The van der Waals surface area contributed by atoms with Crippen molar-refractivity contribution in [2.45, 2.75) is 6.92 Å². The van der Waals surface area contributed by atoms with Gasteiger partial charge in [-0.25, -0.2) is 9.38 Å². The van der Waals surface area contributed by atoms with E-state index in [0.717, 1.165) is 5.56 Å². The molecular weight excluding hydrogens is 395 g/mol. The Labute approximate surface area is 173 Å². The molecule has 1 fully saturated rings. The summed E-state index contributed by atoms with van der Waals surface area (Å²) in [6.45, 7) is 2.35. The average Bonchev–Trinajstić information content (AvgIpc) is 3.02. The van der Waals surface area contributed by atoms with E-state index in [1.54, 1.807) is 35.2 Å². The Bertz CT molecular complexity index is 948. The fourth-order valence-electron chi connectivity index (χ4n) is 2.83. The molecule has 152 valence electrons. The van der Waals surface area contributed by atoms with E-state index in [1.807, 2.05) is 6.92 Å². The molecular formula is C21H21FN2O4S. The largest absolute Gasteiger partial charge is 0.493 e. The maximum Gasteiger partial charge on any atom is 0.266 e. The van der Waals surface area contributed by atoms with Gasteiger partial charge in [0.1, 0.15) is 5.82 Å². The van der Waals surface area contributed by atoms with Gasteiger partial charge in [-0.1, -0.05) is 0 Å². The van der Waals surface area contributed by atoms with Crippen LogP contribution in [0, 0.1) is 5.82 Å². The van der Waals surface area contributed by atoms with Crippen molar-refractivity contribution in [1.82, 2.24) is 4.90 Å². The monoisotopic (exact) mass is 416 g/mol. The molecule has 0 N–H and O–H groups in total. The van der Waals surface area contributed by atoms with Crippen LogP contribution in [0.1, 0.15) is 12.5 Å². The number of carbonyl (C=O) groups excluding carboxylic acids is 1. The molecule has 0 unspecified atom stereocenters. The van der Waals surface area contributed by atoms with Crippen molar-refractivity contribution in [1.29, 1.82) is 0 Å². The highest BCUT2D eigenvalue weighted by atomic mass is 32.2. The number of thioether (sulfide) groups is 1. The molecule has 0 bridgehead atoms. The van der Waals surface area contributed by atoms with Gasteiger partial charge in [0.15, 0.2) is 16.7 Å². The van der Waals surface area contributed by atoms with Crippen LogP contribution < -0.4 is 14.2 Å². The van der Waals surface area contributed by atoms with Gasteiger partial charge in [-0.15, -0.1) is 0 Å². The summed E-state index contributed by atoms with van der Waals surface area (Å²) in [5.41, 5.74) is 1.31. The van der Waals surface area contributed by atoms with Crippen molar-refractivity contribution in [3.05, 3.63) is 52.7 Å². The van der Waals surface area contributed by atoms with E-state index in [9.17, 15) is 9.18 Å². The van der Waals surface area contributed by atoms with Gasteiger partial charge in [-0.3, -0.25) is 9.69 Å². The van der Waals surface area contributed by atoms with Crippen LogP contribution in [0.15, 0.2) is 46.3 Å². The first-order valence-corrected chi connectivity index (χ1v) is 9.68. The predicted octanol–water partition coefficient (Wildman–Crippen LogP) is 4.48. The second-order valence-electron chi connectivity index (χ2n) is 5.99. The Kier molecular flexibility index (Phi) is 6.43. The van der Waals surface area contributed by atoms with Crippen molar-refractivity contribution < 1.29 is 23.4 Å². The number of likely N-dealkylation sites (N-methyl/N-ethyl adjacent to an activating group) is 1. The van der Waals surface area contributed by atoms with Crippen LogP contribution in [0.4, 0.5) is 10.1 Å². The van der Waals surface area contributed by atoms with Gasteiger partial charge in [0.2, 0.25) is 5.75 Å². The normalized spacial score (nSPS) is 16.6. The molecule has 8 heteroatoms. The van der Waals surface area contributed by atoms with Crippen LogP contribution in [0.3, 0.4) is 0 Å². The molecule has 0 atom stereocenters. The van der Waals surface area contributed by atoms with Gasteiger partial charge in [0.05, 0.1) is 31.9 Å². The molecule has 3 rings (SSSR count). The van der Waals surface area contributed by atoms with E-state index in [-0.39, 0.29) is 11.7 Å². The zero-order chi connectivity index (χ0) is 21.0. The maximum atomic E-state index is 13.1. The fraction of sp³-hybridized carbons (Fsp3) is 0.238. The predicted molar refractivity (Wildman–Crippen MR) is 113 cm³/mol. The number of hydrogen-bond donors (Lipinski definition) is 0. The summed E-state index contributed by atoms with van der Waals surface area (Å²) in [7, 11) is 4.61. The van der Waals surface area contributed by atoms with Crippen LogP contribution in [-0.2, 0) is 4.79 Å². The number of ether oxygens (including phenoxy) is 3. The summed E-state index contributed by atoms with van der Waals surface area (Å²) in [5.74, 6) is 1.01. The Balaban J connectivity index is 1.98. The van der Waals surface area contributed by atoms with E-state index < -0.39 is 0 Å². The van der Waals surface area contributed by atoms with E-state index in [4.69, 9.17) is 14.2 Å². The van der Waals surface area contributed by atoms with Crippen LogP contribution in [0.2, 0.25) is 0 Å². The second kappa shape index (κ2) is 9.00. The third-order valence-electron chi connectivity index (χ3n) is 4.24. The number of rotatable bonds is 6. The van der Waals surface area contributed by atoms with Gasteiger partial charge in [0.25, 0.3) is 5.91 Å². The molecule has 0 aromatic heterocycles. The molecule has 1 amide bonds. The number of benzene rings is 2. The van der Waals surface area contributed by atoms with Gasteiger partial charge in [-0.2, -0.15) is 0 Å². The molecule has 1 saturated heterocycles. The molecule has 2 aromatic carbocycles. The lowest BCUT2D eigenvalue weighted by molar-refractivity contribution is -0.122. The minimum absolute atomic E-state index is 0.146. The van der Waals surface area contributed by atoms with Crippen molar-refractivity contribution in [3.8, 4) is 17.2 Å². The summed E-state index contributed by atoms with van der Waals surface area (Å²) >= 11 is 1.26. The number of amidine groups is 1. The molecule has 6 nitrogen and oxygen atoms in total. The lowest BCUT2D eigenvalue weighted by Crippen LogP contribution is -2.28. The minimum Gasteiger partial charge on any atom is -0.493 e. The van der Waals surface area contributed by atoms with Crippen LogP contribution in [0.25, 0.3) is 6.08 Å². The number of amides is 1. The molecule has 1 aliphatic rings. The van der Waals surface area contributed by atoms with Crippen LogP contribution in [0.5, 0.6) is 17.2 Å². The summed E-state index contributed by atoms with van der Waals surface area (Å²) in [6.07, 6.45) is 1.76. The Morgan fingerprint density at radius 3 is 2.21 bits per heavy atom. The summed E-state index contributed by atoms with van der Waals surface area (Å²) in [5, 5.41) is 0.544. The summed E-state index contributed by atoms with van der Waals surface area (Å²) in [6, 6.07) is 9.36. The highest BCUT2D eigenvalue weighted by Gasteiger charge is 2.32. The molecule has 0 spiro atoms. The first-order valence-electron chi connectivity index (χ1n) is 8.86. The number of carbonyl (C=O) groups is 1. The van der Waals surface area contributed by atoms with E-state index >= 15 is 0 Å². The Morgan fingerprint density at radius 1 is 1.07 bits per heavy atom. The number of hydrogen-bond acceptors (Lipinski definition) is 6. The number of aliphatic imine (C=N–C) groups is 1. The highest BCUT2D eigenvalue weighted by molar-refractivity contribution is 8.18. The smallest absolute Gasteiger partial charge is 0.266 e. The zero-order valence-corrected chi connectivity index (χ0v) is 17.4. The van der Waals surface area contributed by atoms with Gasteiger partial charge < -0.3 is 14.2 Å². The molecule has 1 aliphatic heterocycles. The number of halogens is 1. The Morgan fingerprint density at radius 2 is 1.69 bits per heavy atom. The van der Waals surface area contributed by atoms with Crippen LogP contribution >= 0.6 is 11.8 Å².